The lowest BCUT2D eigenvalue weighted by Gasteiger charge is -2.35. The van der Waals surface area contributed by atoms with Gasteiger partial charge in [-0.15, -0.1) is 11.3 Å². The number of aromatic amines is 1. The van der Waals surface area contributed by atoms with Crippen molar-refractivity contribution in [3.8, 4) is 10.6 Å². The van der Waals surface area contributed by atoms with Crippen LogP contribution in [-0.4, -0.2) is 49.1 Å². The molecule has 148 valence electrons. The van der Waals surface area contributed by atoms with Crippen LogP contribution in [0.3, 0.4) is 0 Å². The largest absolute Gasteiger partial charge is 0.369 e. The monoisotopic (exact) mass is 416 g/mol. The van der Waals surface area contributed by atoms with Gasteiger partial charge in [0.2, 0.25) is 10.0 Å². The first-order valence-corrected chi connectivity index (χ1v) is 11.6. The van der Waals surface area contributed by atoms with Crippen molar-refractivity contribution in [2.45, 2.75) is 25.7 Å². The Morgan fingerprint density at radius 3 is 2.32 bits per heavy atom. The van der Waals surface area contributed by atoms with Crippen LogP contribution in [0, 0.1) is 20.8 Å². The molecule has 0 amide bonds. The highest BCUT2D eigenvalue weighted by atomic mass is 32.2. The second kappa shape index (κ2) is 7.35. The zero-order valence-electron chi connectivity index (χ0n) is 16.3. The third kappa shape index (κ3) is 3.36. The average molecular weight is 417 g/mol. The summed E-state index contributed by atoms with van der Waals surface area (Å²) in [6, 6.07) is 11.9. The highest BCUT2D eigenvalue weighted by molar-refractivity contribution is 7.89. The van der Waals surface area contributed by atoms with Gasteiger partial charge in [0, 0.05) is 42.4 Å². The van der Waals surface area contributed by atoms with Crippen LogP contribution < -0.4 is 4.90 Å². The third-order valence-corrected chi connectivity index (χ3v) is 8.55. The lowest BCUT2D eigenvalue weighted by atomic mass is 10.2. The molecule has 0 unspecified atom stereocenters. The summed E-state index contributed by atoms with van der Waals surface area (Å²) in [6.07, 6.45) is 0. The normalized spacial score (nSPS) is 15.9. The van der Waals surface area contributed by atoms with Crippen molar-refractivity contribution >= 4 is 27.0 Å². The molecular formula is C20H24N4O2S2. The van der Waals surface area contributed by atoms with E-state index in [4.69, 9.17) is 0 Å². The van der Waals surface area contributed by atoms with Gasteiger partial charge in [0.1, 0.15) is 5.69 Å². The van der Waals surface area contributed by atoms with Gasteiger partial charge in [-0.2, -0.15) is 9.40 Å². The molecule has 3 aromatic rings. The molecule has 8 heteroatoms. The van der Waals surface area contributed by atoms with Crippen molar-refractivity contribution in [1.82, 2.24) is 14.5 Å². The maximum absolute atomic E-state index is 13.3. The molecule has 1 saturated heterocycles. The van der Waals surface area contributed by atoms with Crippen LogP contribution in [0.2, 0.25) is 0 Å². The number of para-hydroxylation sites is 1. The number of H-pyrrole nitrogens is 1. The van der Waals surface area contributed by atoms with Crippen LogP contribution in [0.4, 0.5) is 5.69 Å². The van der Waals surface area contributed by atoms with E-state index in [1.807, 2.05) is 39.0 Å². The Hall–Kier alpha value is -2.16. The minimum Gasteiger partial charge on any atom is -0.369 e. The number of aromatic nitrogens is 2. The van der Waals surface area contributed by atoms with Crippen LogP contribution >= 0.6 is 11.3 Å². The van der Waals surface area contributed by atoms with Crippen LogP contribution in [0.1, 0.15) is 16.1 Å². The molecule has 28 heavy (non-hydrogen) atoms. The molecule has 1 aliphatic heterocycles. The van der Waals surface area contributed by atoms with Crippen molar-refractivity contribution in [2.75, 3.05) is 31.1 Å². The van der Waals surface area contributed by atoms with Gasteiger partial charge in [-0.25, -0.2) is 8.42 Å². The second-order valence-electron chi connectivity index (χ2n) is 7.08. The van der Waals surface area contributed by atoms with Gasteiger partial charge in [0.25, 0.3) is 0 Å². The predicted molar refractivity (Wildman–Crippen MR) is 114 cm³/mol. The van der Waals surface area contributed by atoms with Gasteiger partial charge >= 0.3 is 0 Å². The summed E-state index contributed by atoms with van der Waals surface area (Å²) in [4.78, 5) is 4.33. The number of rotatable bonds is 4. The summed E-state index contributed by atoms with van der Waals surface area (Å²) >= 11 is 1.48. The van der Waals surface area contributed by atoms with Gasteiger partial charge in [0.15, 0.2) is 0 Å². The number of nitrogens with one attached hydrogen (secondary N) is 1. The van der Waals surface area contributed by atoms with E-state index in [9.17, 15) is 8.42 Å². The Kier molecular flexibility index (Phi) is 5.03. The van der Waals surface area contributed by atoms with E-state index in [1.54, 1.807) is 10.4 Å². The van der Waals surface area contributed by atoms with E-state index in [0.717, 1.165) is 32.4 Å². The molecule has 2 aromatic heterocycles. The number of hydrogen-bond donors (Lipinski definition) is 1. The van der Waals surface area contributed by atoms with Gasteiger partial charge in [-0.05, 0) is 44.5 Å². The number of piperazine rings is 1. The average Bonchev–Trinajstić information content (AvgIpc) is 3.25. The molecule has 0 radical (unpaired) electrons. The number of anilines is 1. The van der Waals surface area contributed by atoms with E-state index < -0.39 is 10.0 Å². The molecule has 0 bridgehead atoms. The first kappa shape index (κ1) is 19.2. The maximum Gasteiger partial charge on any atom is 0.244 e. The van der Waals surface area contributed by atoms with Gasteiger partial charge in [-0.3, -0.25) is 5.10 Å². The zero-order chi connectivity index (χ0) is 19.9. The molecular weight excluding hydrogens is 392 g/mol. The van der Waals surface area contributed by atoms with Crippen LogP contribution in [0.15, 0.2) is 41.3 Å². The summed E-state index contributed by atoms with van der Waals surface area (Å²) < 4.78 is 28.1. The lowest BCUT2D eigenvalue weighted by molar-refractivity contribution is 0.385. The first-order chi connectivity index (χ1) is 13.4. The standard InChI is InChI=1S/C20H24N4O2S2/c1-14-15(2)21-22-20(14)18-13-19(16(3)27-18)28(25,26)24-11-9-23(10-12-24)17-7-5-4-6-8-17/h4-8,13H,9-12H2,1-3H3,(H,21,22). The van der Waals surface area contributed by atoms with E-state index in [2.05, 4.69) is 27.2 Å². The predicted octanol–water partition coefficient (Wildman–Crippen LogP) is 3.57. The Morgan fingerprint density at radius 2 is 1.71 bits per heavy atom. The van der Waals surface area contributed by atoms with Gasteiger partial charge in [-0.1, -0.05) is 18.2 Å². The molecule has 0 saturated carbocycles. The quantitative estimate of drug-likeness (QED) is 0.706. The lowest BCUT2D eigenvalue weighted by Crippen LogP contribution is -2.48. The minimum atomic E-state index is -3.51. The summed E-state index contributed by atoms with van der Waals surface area (Å²) in [5, 5.41) is 7.33. The number of thiophene rings is 1. The van der Waals surface area contributed by atoms with Crippen LogP contribution in [-0.2, 0) is 10.0 Å². The molecule has 4 rings (SSSR count). The number of nitrogens with zero attached hydrogens (tertiary/aromatic N) is 3. The highest BCUT2D eigenvalue weighted by Gasteiger charge is 2.31. The topological polar surface area (TPSA) is 69.3 Å². The second-order valence-corrected chi connectivity index (χ2v) is 10.2. The summed E-state index contributed by atoms with van der Waals surface area (Å²) in [5.74, 6) is 0. The molecule has 1 aliphatic rings. The summed E-state index contributed by atoms with van der Waals surface area (Å²) in [7, 11) is -3.51. The number of benzene rings is 1. The van der Waals surface area contributed by atoms with Gasteiger partial charge < -0.3 is 4.90 Å². The fraction of sp³-hybridized carbons (Fsp3) is 0.350. The molecule has 3 heterocycles. The zero-order valence-corrected chi connectivity index (χ0v) is 17.9. The van der Waals surface area contributed by atoms with Crippen molar-refractivity contribution in [1.29, 1.82) is 0 Å². The van der Waals surface area contributed by atoms with Crippen molar-refractivity contribution in [3.05, 3.63) is 52.5 Å². The maximum atomic E-state index is 13.3. The van der Waals surface area contributed by atoms with Crippen molar-refractivity contribution < 1.29 is 8.42 Å². The molecule has 0 spiro atoms. The summed E-state index contributed by atoms with van der Waals surface area (Å²) in [6.45, 7) is 8.20. The number of sulfonamides is 1. The van der Waals surface area contributed by atoms with Crippen molar-refractivity contribution in [3.63, 3.8) is 0 Å². The SMILES string of the molecule is Cc1[nH]nc(-c2cc(S(=O)(=O)N3CCN(c4ccccc4)CC3)c(C)s2)c1C. The summed E-state index contributed by atoms with van der Waals surface area (Å²) in [5.41, 5.74) is 4.03. The third-order valence-electron chi connectivity index (χ3n) is 5.34. The fourth-order valence-electron chi connectivity index (χ4n) is 3.53. The fourth-order valence-corrected chi connectivity index (χ4v) is 6.56. The Labute approximate surface area is 169 Å². The van der Waals surface area contributed by atoms with E-state index in [-0.39, 0.29) is 0 Å². The number of hydrogen-bond acceptors (Lipinski definition) is 5. The highest BCUT2D eigenvalue weighted by Crippen LogP contribution is 2.36. The van der Waals surface area contributed by atoms with Crippen LogP contribution in [0.5, 0.6) is 0 Å². The van der Waals surface area contributed by atoms with E-state index in [1.165, 1.54) is 11.3 Å². The van der Waals surface area contributed by atoms with Crippen LogP contribution in [0.25, 0.3) is 10.6 Å². The first-order valence-electron chi connectivity index (χ1n) is 9.30. The molecule has 0 atom stereocenters. The Morgan fingerprint density at radius 1 is 1.04 bits per heavy atom. The molecule has 1 fully saturated rings. The smallest absolute Gasteiger partial charge is 0.244 e. The molecule has 1 N–H and O–H groups in total. The molecule has 0 aliphatic carbocycles. The Bertz CT molecular complexity index is 1080. The van der Waals surface area contributed by atoms with Gasteiger partial charge in [0.05, 0.1) is 9.77 Å². The molecule has 6 nitrogen and oxygen atoms in total. The van der Waals surface area contributed by atoms with Crippen molar-refractivity contribution in [2.24, 2.45) is 0 Å². The van der Waals surface area contributed by atoms with E-state index >= 15 is 0 Å². The number of aryl methyl sites for hydroxylation is 2. The van der Waals surface area contributed by atoms with E-state index in [0.29, 0.717) is 31.1 Å². The Balaban J connectivity index is 1.55. The molecule has 1 aromatic carbocycles. The minimum absolute atomic E-state index is 0.403.